The van der Waals surface area contributed by atoms with Crippen LogP contribution in [-0.4, -0.2) is 24.0 Å². The number of hydrogen-bond donors (Lipinski definition) is 2. The van der Waals surface area contributed by atoms with Gasteiger partial charge in [0.15, 0.2) is 0 Å². The highest BCUT2D eigenvalue weighted by Crippen LogP contribution is 2.14. The summed E-state index contributed by atoms with van der Waals surface area (Å²) in [5.74, 6) is 0.955. The molecule has 0 atom stereocenters. The van der Waals surface area contributed by atoms with Crippen molar-refractivity contribution in [3.8, 4) is 0 Å². The van der Waals surface area contributed by atoms with Crippen molar-refractivity contribution < 1.29 is 0 Å². The van der Waals surface area contributed by atoms with Crippen molar-refractivity contribution in [2.24, 2.45) is 0 Å². The molecule has 100 valence electrons. The maximum Gasteiger partial charge on any atom is 0.0526 e. The lowest BCUT2D eigenvalue weighted by atomic mass is 10.4. The van der Waals surface area contributed by atoms with E-state index in [-0.39, 0.29) is 0 Å². The summed E-state index contributed by atoms with van der Waals surface area (Å²) in [6.07, 6.45) is 4.73. The van der Waals surface area contributed by atoms with Crippen LogP contribution in [0.1, 0.15) is 6.42 Å². The lowest BCUT2D eigenvalue weighted by molar-refractivity contribution is 0.734. The first-order valence-corrected chi connectivity index (χ1v) is 7.46. The number of pyridine rings is 1. The van der Waals surface area contributed by atoms with Crippen molar-refractivity contribution in [2.75, 3.05) is 24.3 Å². The van der Waals surface area contributed by atoms with Crippen LogP contribution in [-0.2, 0) is 0 Å². The molecule has 2 N–H and O–H groups in total. The van der Waals surface area contributed by atoms with Gasteiger partial charge in [-0.05, 0) is 37.2 Å². The van der Waals surface area contributed by atoms with E-state index in [1.807, 2.05) is 36.2 Å². The van der Waals surface area contributed by atoms with E-state index in [1.54, 1.807) is 6.20 Å². The van der Waals surface area contributed by atoms with E-state index in [0.29, 0.717) is 0 Å². The van der Waals surface area contributed by atoms with Crippen LogP contribution in [0.5, 0.6) is 0 Å². The molecule has 2 aromatic rings. The van der Waals surface area contributed by atoms with Crippen LogP contribution in [0.2, 0.25) is 0 Å². The molecule has 0 bridgehead atoms. The third kappa shape index (κ3) is 5.77. The topological polar surface area (TPSA) is 37.0 Å². The van der Waals surface area contributed by atoms with E-state index in [1.165, 1.54) is 4.90 Å². The van der Waals surface area contributed by atoms with Crippen molar-refractivity contribution in [1.29, 1.82) is 0 Å². The van der Waals surface area contributed by atoms with Gasteiger partial charge in [-0.2, -0.15) is 0 Å². The monoisotopic (exact) mass is 273 g/mol. The van der Waals surface area contributed by atoms with Crippen molar-refractivity contribution in [1.82, 2.24) is 10.3 Å². The van der Waals surface area contributed by atoms with Crippen molar-refractivity contribution in [2.45, 2.75) is 11.3 Å². The molecule has 0 saturated carbocycles. The Morgan fingerprint density at radius 3 is 2.68 bits per heavy atom. The predicted octanol–water partition coefficient (Wildman–Crippen LogP) is 3.22. The third-order valence-electron chi connectivity index (χ3n) is 2.61. The predicted molar refractivity (Wildman–Crippen MR) is 82.5 cm³/mol. The maximum absolute atomic E-state index is 4.07. The van der Waals surface area contributed by atoms with E-state index in [2.05, 4.69) is 39.9 Å². The van der Waals surface area contributed by atoms with Crippen LogP contribution in [0.3, 0.4) is 0 Å². The minimum atomic E-state index is 0.955. The molecule has 0 aliphatic heterocycles. The Morgan fingerprint density at radius 1 is 1.00 bits per heavy atom. The summed E-state index contributed by atoms with van der Waals surface area (Å²) >= 11 is 1.83. The highest BCUT2D eigenvalue weighted by molar-refractivity contribution is 7.99. The molecule has 1 heterocycles. The van der Waals surface area contributed by atoms with Crippen LogP contribution in [0.15, 0.2) is 59.8 Å². The SMILES string of the molecule is c1ccc(SCNCCCNc2cccnc2)cc1. The molecule has 0 aliphatic carbocycles. The van der Waals surface area contributed by atoms with Crippen LogP contribution in [0.4, 0.5) is 5.69 Å². The molecule has 0 aliphatic rings. The first kappa shape index (κ1) is 13.9. The fourth-order valence-corrected chi connectivity index (χ4v) is 2.40. The summed E-state index contributed by atoms with van der Waals surface area (Å²) in [4.78, 5) is 5.37. The number of anilines is 1. The molecule has 0 amide bonds. The molecular formula is C15H19N3S. The lowest BCUT2D eigenvalue weighted by Crippen LogP contribution is -2.17. The van der Waals surface area contributed by atoms with Gasteiger partial charge in [-0.15, -0.1) is 11.8 Å². The minimum absolute atomic E-state index is 0.955. The van der Waals surface area contributed by atoms with E-state index >= 15 is 0 Å². The average molecular weight is 273 g/mol. The van der Waals surface area contributed by atoms with E-state index in [9.17, 15) is 0 Å². The Kier molecular flexibility index (Phi) is 6.26. The zero-order valence-corrected chi connectivity index (χ0v) is 11.7. The maximum atomic E-state index is 4.07. The van der Waals surface area contributed by atoms with Gasteiger partial charge in [0.25, 0.3) is 0 Å². The molecule has 1 aromatic carbocycles. The molecule has 0 radical (unpaired) electrons. The minimum Gasteiger partial charge on any atom is -0.384 e. The standard InChI is InChI=1S/C15H19N3S/c1-2-7-15(8-3-1)19-13-17-10-5-11-18-14-6-4-9-16-12-14/h1-4,6-9,12,17-18H,5,10-11,13H2. The van der Waals surface area contributed by atoms with E-state index < -0.39 is 0 Å². The number of nitrogens with zero attached hydrogens (tertiary/aromatic N) is 1. The van der Waals surface area contributed by atoms with Gasteiger partial charge >= 0.3 is 0 Å². The van der Waals surface area contributed by atoms with Crippen LogP contribution < -0.4 is 10.6 Å². The molecule has 3 nitrogen and oxygen atoms in total. The summed E-state index contributed by atoms with van der Waals surface area (Å²) in [6.45, 7) is 1.99. The fraction of sp³-hybridized carbons (Fsp3) is 0.267. The van der Waals surface area contributed by atoms with Gasteiger partial charge in [-0.25, -0.2) is 0 Å². The van der Waals surface area contributed by atoms with Crippen LogP contribution >= 0.6 is 11.8 Å². The Morgan fingerprint density at radius 2 is 1.89 bits per heavy atom. The molecule has 4 heteroatoms. The number of hydrogen-bond acceptors (Lipinski definition) is 4. The summed E-state index contributed by atoms with van der Waals surface area (Å²) in [5, 5.41) is 6.77. The number of benzene rings is 1. The first-order valence-electron chi connectivity index (χ1n) is 6.47. The van der Waals surface area contributed by atoms with Gasteiger partial charge in [0.05, 0.1) is 5.69 Å². The highest BCUT2D eigenvalue weighted by atomic mass is 32.2. The molecular weight excluding hydrogens is 254 g/mol. The molecule has 19 heavy (non-hydrogen) atoms. The zero-order valence-electron chi connectivity index (χ0n) is 10.9. The third-order valence-corrected chi connectivity index (χ3v) is 3.56. The molecule has 0 saturated heterocycles. The Labute approximate surface area is 118 Å². The zero-order chi connectivity index (χ0) is 13.2. The van der Waals surface area contributed by atoms with Gasteiger partial charge in [0.2, 0.25) is 0 Å². The molecule has 1 aromatic heterocycles. The summed E-state index contributed by atoms with van der Waals surface area (Å²) in [7, 11) is 0. The van der Waals surface area contributed by atoms with Crippen molar-refractivity contribution >= 4 is 17.4 Å². The van der Waals surface area contributed by atoms with Gasteiger partial charge < -0.3 is 10.6 Å². The van der Waals surface area contributed by atoms with Crippen LogP contribution in [0.25, 0.3) is 0 Å². The van der Waals surface area contributed by atoms with Gasteiger partial charge in [-0.1, -0.05) is 18.2 Å². The van der Waals surface area contributed by atoms with Crippen LogP contribution in [0, 0.1) is 0 Å². The first-order chi connectivity index (χ1) is 9.45. The van der Waals surface area contributed by atoms with E-state index in [0.717, 1.165) is 31.1 Å². The van der Waals surface area contributed by atoms with Crippen molar-refractivity contribution in [3.05, 3.63) is 54.9 Å². The summed E-state index contributed by atoms with van der Waals surface area (Å²) < 4.78 is 0. The molecule has 0 unspecified atom stereocenters. The normalized spacial score (nSPS) is 10.3. The Balaban J connectivity index is 1.49. The van der Waals surface area contributed by atoms with E-state index in [4.69, 9.17) is 0 Å². The Bertz CT molecular complexity index is 404. The number of rotatable bonds is 8. The molecule has 2 rings (SSSR count). The van der Waals surface area contributed by atoms with Gasteiger partial charge in [0, 0.05) is 29.7 Å². The second-order valence-electron chi connectivity index (χ2n) is 4.12. The number of aromatic nitrogens is 1. The molecule has 0 fully saturated rings. The van der Waals surface area contributed by atoms with Gasteiger partial charge in [0.1, 0.15) is 0 Å². The highest BCUT2D eigenvalue weighted by Gasteiger charge is 1.93. The number of nitrogens with one attached hydrogen (secondary N) is 2. The average Bonchev–Trinajstić information content (AvgIpc) is 2.48. The number of thioether (sulfide) groups is 1. The summed E-state index contributed by atoms with van der Waals surface area (Å²) in [6, 6.07) is 14.4. The largest absolute Gasteiger partial charge is 0.384 e. The fourth-order valence-electron chi connectivity index (χ4n) is 1.64. The quantitative estimate of drug-likeness (QED) is 0.440. The molecule has 0 spiro atoms. The Hall–Kier alpha value is -1.52. The summed E-state index contributed by atoms with van der Waals surface area (Å²) in [5.41, 5.74) is 1.08. The second kappa shape index (κ2) is 8.56. The second-order valence-corrected chi connectivity index (χ2v) is 5.17. The smallest absolute Gasteiger partial charge is 0.0526 e. The van der Waals surface area contributed by atoms with Crippen molar-refractivity contribution in [3.63, 3.8) is 0 Å². The van der Waals surface area contributed by atoms with Gasteiger partial charge in [-0.3, -0.25) is 4.98 Å². The lowest BCUT2D eigenvalue weighted by Gasteiger charge is -2.07.